The average molecular weight is 328 g/mol. The Hall–Kier alpha value is -2.14. The number of anilines is 1. The van der Waals surface area contributed by atoms with E-state index in [4.69, 9.17) is 0 Å². The summed E-state index contributed by atoms with van der Waals surface area (Å²) in [7, 11) is 0. The van der Waals surface area contributed by atoms with Gasteiger partial charge < -0.3 is 10.2 Å². The molecule has 0 radical (unpaired) electrons. The first-order chi connectivity index (χ1) is 11.1. The lowest BCUT2D eigenvalue weighted by atomic mass is 10.1. The summed E-state index contributed by atoms with van der Waals surface area (Å²) >= 11 is 1.63. The first-order valence-electron chi connectivity index (χ1n) is 7.90. The fourth-order valence-corrected chi connectivity index (χ4v) is 3.49. The Balaban J connectivity index is 1.66. The second-order valence-corrected chi connectivity index (χ2v) is 6.74. The maximum Gasteiger partial charge on any atom is 0.251 e. The van der Waals surface area contributed by atoms with Crippen LogP contribution in [0.4, 0.5) is 5.69 Å². The zero-order valence-electron chi connectivity index (χ0n) is 13.1. The Morgan fingerprint density at radius 2 is 2.00 bits per heavy atom. The van der Waals surface area contributed by atoms with E-state index in [0.717, 1.165) is 30.0 Å². The van der Waals surface area contributed by atoms with E-state index in [0.29, 0.717) is 12.0 Å². The van der Waals surface area contributed by atoms with Gasteiger partial charge in [-0.15, -0.1) is 11.3 Å². The highest BCUT2D eigenvalue weighted by Gasteiger charge is 2.20. The van der Waals surface area contributed by atoms with Crippen LogP contribution in [0.25, 0.3) is 0 Å². The van der Waals surface area contributed by atoms with Crippen LogP contribution in [0.2, 0.25) is 0 Å². The van der Waals surface area contributed by atoms with Crippen molar-refractivity contribution in [2.75, 3.05) is 11.4 Å². The van der Waals surface area contributed by atoms with E-state index in [9.17, 15) is 9.59 Å². The summed E-state index contributed by atoms with van der Waals surface area (Å²) in [4.78, 5) is 27.2. The zero-order chi connectivity index (χ0) is 16.2. The largest absolute Gasteiger partial charge is 0.345 e. The van der Waals surface area contributed by atoms with E-state index in [1.165, 1.54) is 0 Å². The topological polar surface area (TPSA) is 49.4 Å². The molecule has 23 heavy (non-hydrogen) atoms. The van der Waals surface area contributed by atoms with Crippen LogP contribution in [0.3, 0.4) is 0 Å². The van der Waals surface area contributed by atoms with Crippen molar-refractivity contribution in [1.29, 1.82) is 0 Å². The number of carbonyl (C=O) groups excluding carboxylic acids is 2. The van der Waals surface area contributed by atoms with Gasteiger partial charge in [-0.05, 0) is 55.5 Å². The number of nitrogens with zero attached hydrogens (tertiary/aromatic N) is 1. The van der Waals surface area contributed by atoms with E-state index in [-0.39, 0.29) is 17.9 Å². The van der Waals surface area contributed by atoms with Gasteiger partial charge in [0.15, 0.2) is 0 Å². The molecule has 1 atom stereocenters. The molecule has 0 spiro atoms. The van der Waals surface area contributed by atoms with Crippen LogP contribution in [0.15, 0.2) is 41.8 Å². The number of hydrogen-bond donors (Lipinski definition) is 1. The standard InChI is InChI=1S/C18H20N2O2S/c1-13(16-5-4-12-23-16)19-18(22)14-7-9-15(10-8-14)20-11-3-2-6-17(20)21/h4-5,7-10,12-13H,2-3,6,11H2,1H3,(H,19,22)/t13-/m1/s1. The Kier molecular flexibility index (Phi) is 4.76. The van der Waals surface area contributed by atoms with Crippen LogP contribution < -0.4 is 10.2 Å². The summed E-state index contributed by atoms with van der Waals surface area (Å²) in [6, 6.07) is 11.3. The van der Waals surface area contributed by atoms with Gasteiger partial charge in [-0.3, -0.25) is 9.59 Å². The van der Waals surface area contributed by atoms with Gasteiger partial charge in [-0.25, -0.2) is 0 Å². The molecule has 0 saturated carbocycles. The van der Waals surface area contributed by atoms with Gasteiger partial charge in [0.1, 0.15) is 0 Å². The molecule has 5 heteroatoms. The molecular formula is C18H20N2O2S. The SMILES string of the molecule is C[C@@H](NC(=O)c1ccc(N2CCCCC2=O)cc1)c1cccs1. The quantitative estimate of drug-likeness (QED) is 0.929. The van der Waals surface area contributed by atoms with E-state index in [2.05, 4.69) is 5.32 Å². The number of hydrogen-bond acceptors (Lipinski definition) is 3. The van der Waals surface area contributed by atoms with Crippen molar-refractivity contribution in [3.63, 3.8) is 0 Å². The summed E-state index contributed by atoms with van der Waals surface area (Å²) in [5.41, 5.74) is 1.49. The van der Waals surface area contributed by atoms with E-state index in [1.54, 1.807) is 28.4 Å². The molecule has 1 aliphatic rings. The summed E-state index contributed by atoms with van der Waals surface area (Å²) in [5.74, 6) is 0.0715. The molecule has 120 valence electrons. The number of nitrogens with one attached hydrogen (secondary N) is 1. The van der Waals surface area contributed by atoms with Crippen molar-refractivity contribution in [2.45, 2.75) is 32.2 Å². The third-order valence-corrected chi connectivity index (χ3v) is 5.14. The highest BCUT2D eigenvalue weighted by Crippen LogP contribution is 2.22. The fraction of sp³-hybridized carbons (Fsp3) is 0.333. The summed E-state index contributed by atoms with van der Waals surface area (Å²) in [6.45, 7) is 2.74. The van der Waals surface area contributed by atoms with Gasteiger partial charge in [0.25, 0.3) is 5.91 Å². The number of piperidine rings is 1. The predicted octanol–water partition coefficient (Wildman–Crippen LogP) is 3.76. The molecule has 1 fully saturated rings. The molecule has 1 saturated heterocycles. The van der Waals surface area contributed by atoms with Crippen molar-refractivity contribution >= 4 is 28.8 Å². The van der Waals surface area contributed by atoms with Gasteiger partial charge in [-0.1, -0.05) is 6.07 Å². The molecule has 1 aromatic carbocycles. The molecule has 0 bridgehead atoms. The van der Waals surface area contributed by atoms with Crippen LogP contribution in [0, 0.1) is 0 Å². The second-order valence-electron chi connectivity index (χ2n) is 5.76. The average Bonchev–Trinajstić information content (AvgIpc) is 3.10. The van der Waals surface area contributed by atoms with Crippen molar-refractivity contribution in [3.05, 3.63) is 52.2 Å². The first kappa shape index (κ1) is 15.7. The Morgan fingerprint density at radius 3 is 2.65 bits per heavy atom. The minimum absolute atomic E-state index is 0.00847. The van der Waals surface area contributed by atoms with Gasteiger partial charge >= 0.3 is 0 Å². The first-order valence-corrected chi connectivity index (χ1v) is 8.78. The molecule has 1 aliphatic heterocycles. The minimum atomic E-state index is -0.0950. The van der Waals surface area contributed by atoms with Crippen molar-refractivity contribution in [2.24, 2.45) is 0 Å². The van der Waals surface area contributed by atoms with Crippen LogP contribution >= 0.6 is 11.3 Å². The third kappa shape index (κ3) is 3.62. The molecule has 1 N–H and O–H groups in total. The molecule has 2 amide bonds. The number of benzene rings is 1. The van der Waals surface area contributed by atoms with Gasteiger partial charge in [0, 0.05) is 29.1 Å². The van der Waals surface area contributed by atoms with Crippen molar-refractivity contribution in [1.82, 2.24) is 5.32 Å². The van der Waals surface area contributed by atoms with Crippen molar-refractivity contribution in [3.8, 4) is 0 Å². The number of carbonyl (C=O) groups is 2. The Morgan fingerprint density at radius 1 is 1.22 bits per heavy atom. The molecule has 4 nitrogen and oxygen atoms in total. The molecule has 1 aromatic heterocycles. The lowest BCUT2D eigenvalue weighted by Crippen LogP contribution is -2.35. The number of amides is 2. The zero-order valence-corrected chi connectivity index (χ0v) is 13.9. The third-order valence-electron chi connectivity index (χ3n) is 4.08. The van der Waals surface area contributed by atoms with Gasteiger partial charge in [-0.2, -0.15) is 0 Å². The minimum Gasteiger partial charge on any atom is -0.345 e. The molecule has 3 rings (SSSR count). The molecule has 0 unspecified atom stereocenters. The lowest BCUT2D eigenvalue weighted by molar-refractivity contribution is -0.119. The smallest absolute Gasteiger partial charge is 0.251 e. The van der Waals surface area contributed by atoms with Crippen LogP contribution in [-0.2, 0) is 4.79 Å². The fourth-order valence-electron chi connectivity index (χ4n) is 2.76. The highest BCUT2D eigenvalue weighted by molar-refractivity contribution is 7.10. The number of thiophene rings is 1. The van der Waals surface area contributed by atoms with Crippen molar-refractivity contribution < 1.29 is 9.59 Å². The Labute approximate surface area is 140 Å². The lowest BCUT2D eigenvalue weighted by Gasteiger charge is -2.26. The molecule has 0 aliphatic carbocycles. The van der Waals surface area contributed by atoms with E-state index >= 15 is 0 Å². The monoisotopic (exact) mass is 328 g/mol. The van der Waals surface area contributed by atoms with E-state index < -0.39 is 0 Å². The highest BCUT2D eigenvalue weighted by atomic mass is 32.1. The Bertz CT molecular complexity index is 680. The summed E-state index contributed by atoms with van der Waals surface area (Å²) in [6.07, 6.45) is 2.61. The van der Waals surface area contributed by atoms with Crippen LogP contribution in [0.5, 0.6) is 0 Å². The van der Waals surface area contributed by atoms with E-state index in [1.807, 2.05) is 36.6 Å². The molecular weight excluding hydrogens is 308 g/mol. The summed E-state index contributed by atoms with van der Waals surface area (Å²) < 4.78 is 0. The molecule has 2 aromatic rings. The number of rotatable bonds is 4. The van der Waals surface area contributed by atoms with Gasteiger partial charge in [0.2, 0.25) is 5.91 Å². The molecule has 2 heterocycles. The van der Waals surface area contributed by atoms with Crippen LogP contribution in [-0.4, -0.2) is 18.4 Å². The maximum atomic E-state index is 12.3. The predicted molar refractivity (Wildman–Crippen MR) is 92.8 cm³/mol. The summed E-state index contributed by atoms with van der Waals surface area (Å²) in [5, 5.41) is 5.00. The second kappa shape index (κ2) is 6.96. The van der Waals surface area contributed by atoms with Gasteiger partial charge in [0.05, 0.1) is 6.04 Å². The normalized spacial score (nSPS) is 16.2. The van der Waals surface area contributed by atoms with Crippen LogP contribution in [0.1, 0.15) is 47.5 Å². The maximum absolute atomic E-state index is 12.3.